The van der Waals surface area contributed by atoms with Gasteiger partial charge >= 0.3 is 6.18 Å². The second-order valence-corrected chi connectivity index (χ2v) is 4.55. The zero-order valence-electron chi connectivity index (χ0n) is 10.5. The summed E-state index contributed by atoms with van der Waals surface area (Å²) in [5, 5.41) is 20.2. The molecule has 0 bridgehead atoms. The Balaban J connectivity index is 2.51. The van der Waals surface area contributed by atoms with Crippen LogP contribution in [-0.2, 0) is 4.79 Å². The molecule has 0 aliphatic carbocycles. The first-order chi connectivity index (χ1) is 8.90. The Morgan fingerprint density at radius 3 is 2.16 bits per heavy atom. The van der Waals surface area contributed by atoms with Gasteiger partial charge in [-0.2, -0.15) is 13.2 Å². The average molecular weight is 284 g/mol. The Hall–Kier alpha value is -0.860. The van der Waals surface area contributed by atoms with Crippen molar-refractivity contribution in [3.05, 3.63) is 0 Å². The molecule has 3 N–H and O–H groups in total. The zero-order chi connectivity index (χ0) is 14.5. The van der Waals surface area contributed by atoms with Gasteiger partial charge in [0, 0.05) is 19.6 Å². The summed E-state index contributed by atoms with van der Waals surface area (Å²) < 4.78 is 37.4. The van der Waals surface area contributed by atoms with Crippen LogP contribution in [0.25, 0.3) is 0 Å². The Labute approximate surface area is 109 Å². The topological polar surface area (TPSA) is 72.8 Å². The quantitative estimate of drug-likeness (QED) is 0.650. The number of carbonyl (C=O) groups excluding carboxylic acids is 1. The molecule has 1 amide bonds. The van der Waals surface area contributed by atoms with E-state index in [1.807, 2.05) is 0 Å². The molecule has 2 unspecified atom stereocenters. The Morgan fingerprint density at radius 1 is 1.21 bits per heavy atom. The average Bonchev–Trinajstić information content (AvgIpc) is 2.37. The smallest absolute Gasteiger partial charge is 0.393 e. The van der Waals surface area contributed by atoms with Crippen LogP contribution in [-0.4, -0.2) is 66.1 Å². The molecule has 1 rings (SSSR count). The predicted molar refractivity (Wildman–Crippen MR) is 61.3 cm³/mol. The molecule has 8 heteroatoms. The highest BCUT2D eigenvalue weighted by molar-refractivity contribution is 5.82. The molecule has 1 saturated heterocycles. The van der Waals surface area contributed by atoms with E-state index in [0.717, 1.165) is 0 Å². The molecule has 1 aliphatic rings. The molecule has 0 spiro atoms. The molecule has 0 aromatic carbocycles. The van der Waals surface area contributed by atoms with Crippen LogP contribution in [0.4, 0.5) is 13.2 Å². The molecule has 1 heterocycles. The van der Waals surface area contributed by atoms with Crippen molar-refractivity contribution < 1.29 is 28.2 Å². The lowest BCUT2D eigenvalue weighted by molar-refractivity contribution is -0.180. The minimum absolute atomic E-state index is 0.0697. The summed E-state index contributed by atoms with van der Waals surface area (Å²) >= 11 is 0. The van der Waals surface area contributed by atoms with Crippen molar-refractivity contribution in [2.45, 2.75) is 25.1 Å². The predicted octanol–water partition coefficient (Wildman–Crippen LogP) is -0.270. The summed E-state index contributed by atoms with van der Waals surface area (Å²) in [6.45, 7) is -0.625. The van der Waals surface area contributed by atoms with E-state index in [4.69, 9.17) is 10.2 Å². The number of aliphatic hydroxyl groups excluding tert-OH is 2. The van der Waals surface area contributed by atoms with E-state index in [9.17, 15) is 18.0 Å². The summed E-state index contributed by atoms with van der Waals surface area (Å²) in [6, 6.07) is -0.670. The third kappa shape index (κ3) is 4.63. The number of piperidine rings is 1. The van der Waals surface area contributed by atoms with E-state index in [2.05, 4.69) is 5.32 Å². The molecule has 19 heavy (non-hydrogen) atoms. The standard InChI is InChI=1S/C11H19F3N2O3/c12-11(13,14)8-1-2-9(15-7-8)10(19)16(3-5-17)4-6-18/h8-9,15,17-18H,1-7H2. The molecule has 0 saturated carbocycles. The summed E-state index contributed by atoms with van der Waals surface area (Å²) in [5.74, 6) is -1.79. The van der Waals surface area contributed by atoms with Crippen molar-refractivity contribution >= 4 is 5.91 Å². The Morgan fingerprint density at radius 2 is 1.79 bits per heavy atom. The first-order valence-corrected chi connectivity index (χ1v) is 6.20. The molecule has 1 fully saturated rings. The number of amides is 1. The second kappa shape index (κ2) is 7.06. The Kier molecular flexibility index (Phi) is 6.02. The van der Waals surface area contributed by atoms with Gasteiger partial charge in [0.15, 0.2) is 0 Å². The van der Waals surface area contributed by atoms with Gasteiger partial charge in [0.25, 0.3) is 0 Å². The van der Waals surface area contributed by atoms with E-state index in [-0.39, 0.29) is 51.6 Å². The number of aliphatic hydroxyl groups is 2. The molecule has 5 nitrogen and oxygen atoms in total. The summed E-state index contributed by atoms with van der Waals surface area (Å²) in [4.78, 5) is 13.2. The number of nitrogens with one attached hydrogen (secondary N) is 1. The molecule has 0 radical (unpaired) electrons. The third-order valence-corrected chi connectivity index (χ3v) is 3.23. The minimum Gasteiger partial charge on any atom is -0.395 e. The van der Waals surface area contributed by atoms with Crippen LogP contribution in [0.15, 0.2) is 0 Å². The zero-order valence-corrected chi connectivity index (χ0v) is 10.5. The van der Waals surface area contributed by atoms with E-state index in [1.165, 1.54) is 4.90 Å². The van der Waals surface area contributed by atoms with Gasteiger partial charge in [-0.1, -0.05) is 0 Å². The van der Waals surface area contributed by atoms with Crippen LogP contribution in [0.5, 0.6) is 0 Å². The van der Waals surface area contributed by atoms with Crippen molar-refractivity contribution in [2.24, 2.45) is 5.92 Å². The number of hydrogen-bond acceptors (Lipinski definition) is 4. The number of alkyl halides is 3. The molecular weight excluding hydrogens is 265 g/mol. The fraction of sp³-hybridized carbons (Fsp3) is 0.909. The van der Waals surface area contributed by atoms with Gasteiger partial charge in [-0.25, -0.2) is 0 Å². The number of carbonyl (C=O) groups is 1. The van der Waals surface area contributed by atoms with Gasteiger partial charge in [0.2, 0.25) is 5.91 Å². The minimum atomic E-state index is -4.24. The van der Waals surface area contributed by atoms with Crippen molar-refractivity contribution in [3.63, 3.8) is 0 Å². The lowest BCUT2D eigenvalue weighted by Gasteiger charge is -2.33. The second-order valence-electron chi connectivity index (χ2n) is 4.55. The van der Waals surface area contributed by atoms with Crippen LogP contribution in [0, 0.1) is 5.92 Å². The molecule has 0 aromatic heterocycles. The molecule has 1 aliphatic heterocycles. The van der Waals surface area contributed by atoms with Crippen molar-refractivity contribution in [1.29, 1.82) is 0 Å². The maximum absolute atomic E-state index is 12.5. The molecule has 0 aromatic rings. The highest BCUT2D eigenvalue weighted by atomic mass is 19.4. The molecule has 2 atom stereocenters. The van der Waals surface area contributed by atoms with Gasteiger partial charge in [-0.05, 0) is 12.8 Å². The van der Waals surface area contributed by atoms with Crippen molar-refractivity contribution in [3.8, 4) is 0 Å². The van der Waals surface area contributed by atoms with Crippen LogP contribution >= 0.6 is 0 Å². The first kappa shape index (κ1) is 16.2. The van der Waals surface area contributed by atoms with Crippen LogP contribution in [0.2, 0.25) is 0 Å². The van der Waals surface area contributed by atoms with Gasteiger partial charge in [-0.15, -0.1) is 0 Å². The highest BCUT2D eigenvalue weighted by Crippen LogP contribution is 2.32. The van der Waals surface area contributed by atoms with Gasteiger partial charge in [0.1, 0.15) is 0 Å². The SMILES string of the molecule is O=C(C1CCC(C(F)(F)F)CN1)N(CCO)CCO. The van der Waals surface area contributed by atoms with E-state index < -0.39 is 18.1 Å². The maximum atomic E-state index is 12.5. The van der Waals surface area contributed by atoms with Crippen LogP contribution < -0.4 is 5.32 Å². The lowest BCUT2D eigenvalue weighted by Crippen LogP contribution is -2.53. The number of hydrogen-bond donors (Lipinski definition) is 3. The van der Waals surface area contributed by atoms with E-state index >= 15 is 0 Å². The van der Waals surface area contributed by atoms with E-state index in [1.54, 1.807) is 0 Å². The fourth-order valence-corrected chi connectivity index (χ4v) is 2.14. The summed E-state index contributed by atoms with van der Waals surface area (Å²) in [6.07, 6.45) is -4.22. The van der Waals surface area contributed by atoms with Gasteiger partial charge < -0.3 is 20.4 Å². The third-order valence-electron chi connectivity index (χ3n) is 3.23. The number of nitrogens with zero attached hydrogens (tertiary/aromatic N) is 1. The maximum Gasteiger partial charge on any atom is 0.393 e. The van der Waals surface area contributed by atoms with Crippen molar-refractivity contribution in [2.75, 3.05) is 32.8 Å². The van der Waals surface area contributed by atoms with Crippen LogP contribution in [0.1, 0.15) is 12.8 Å². The monoisotopic (exact) mass is 284 g/mol. The normalized spacial score (nSPS) is 24.3. The molecule has 112 valence electrons. The van der Waals surface area contributed by atoms with Gasteiger partial charge in [-0.3, -0.25) is 4.79 Å². The molecular formula is C11H19F3N2O3. The lowest BCUT2D eigenvalue weighted by atomic mass is 9.93. The Bertz CT molecular complexity index is 285. The first-order valence-electron chi connectivity index (χ1n) is 6.20. The number of halogens is 3. The highest BCUT2D eigenvalue weighted by Gasteiger charge is 2.42. The number of rotatable bonds is 5. The van der Waals surface area contributed by atoms with E-state index in [0.29, 0.717) is 0 Å². The van der Waals surface area contributed by atoms with Gasteiger partial charge in [0.05, 0.1) is 25.2 Å². The summed E-state index contributed by atoms with van der Waals surface area (Å²) in [5.41, 5.74) is 0. The summed E-state index contributed by atoms with van der Waals surface area (Å²) in [7, 11) is 0. The largest absolute Gasteiger partial charge is 0.395 e. The van der Waals surface area contributed by atoms with Crippen molar-refractivity contribution in [1.82, 2.24) is 10.2 Å². The fourth-order valence-electron chi connectivity index (χ4n) is 2.14. The van der Waals surface area contributed by atoms with Crippen LogP contribution in [0.3, 0.4) is 0 Å².